The van der Waals surface area contributed by atoms with Crippen molar-refractivity contribution in [3.63, 3.8) is 0 Å². The average molecular weight is 378 g/mol. The topological polar surface area (TPSA) is 69.0 Å². The minimum Gasteiger partial charge on any atom is -0.378 e. The van der Waals surface area contributed by atoms with Gasteiger partial charge in [0.1, 0.15) is 5.52 Å². The van der Waals surface area contributed by atoms with Crippen LogP contribution in [0.15, 0.2) is 30.9 Å². The van der Waals surface area contributed by atoms with Crippen LogP contribution < -0.4 is 4.90 Å². The Bertz CT molecular complexity index is 984. The fourth-order valence-electron chi connectivity index (χ4n) is 4.36. The highest BCUT2D eigenvalue weighted by Gasteiger charge is 2.34. The maximum absolute atomic E-state index is 5.82. The lowest BCUT2D eigenvalue weighted by molar-refractivity contribution is 0.0770. The van der Waals surface area contributed by atoms with E-state index in [1.54, 1.807) is 0 Å². The molecule has 0 saturated carbocycles. The van der Waals surface area contributed by atoms with Gasteiger partial charge >= 0.3 is 0 Å². The summed E-state index contributed by atoms with van der Waals surface area (Å²) in [4.78, 5) is 20.7. The summed E-state index contributed by atoms with van der Waals surface area (Å²) in [7, 11) is 0. The van der Waals surface area contributed by atoms with Crippen molar-refractivity contribution in [2.75, 3.05) is 24.6 Å². The number of rotatable bonds is 4. The zero-order chi connectivity index (χ0) is 19.1. The molecule has 0 radical (unpaired) electrons. The molecule has 2 fully saturated rings. The van der Waals surface area contributed by atoms with Crippen molar-refractivity contribution in [3.8, 4) is 0 Å². The van der Waals surface area contributed by atoms with Crippen LogP contribution in [-0.2, 0) is 11.2 Å². The smallest absolute Gasteiger partial charge is 0.225 e. The van der Waals surface area contributed by atoms with Crippen LogP contribution in [0.25, 0.3) is 11.0 Å². The summed E-state index contributed by atoms with van der Waals surface area (Å²) in [6, 6.07) is 4.49. The predicted octanol–water partition coefficient (Wildman–Crippen LogP) is 3.01. The van der Waals surface area contributed by atoms with Crippen LogP contribution in [0.4, 0.5) is 5.95 Å². The first-order valence-corrected chi connectivity index (χ1v) is 10.2. The number of fused-ring (bicyclic) bond motifs is 2. The Balaban J connectivity index is 1.36. The van der Waals surface area contributed by atoms with Crippen LogP contribution in [0.5, 0.6) is 0 Å². The van der Waals surface area contributed by atoms with E-state index in [0.717, 1.165) is 60.9 Å². The van der Waals surface area contributed by atoms with Crippen LogP contribution in [-0.4, -0.2) is 50.3 Å². The van der Waals surface area contributed by atoms with Gasteiger partial charge in [-0.2, -0.15) is 0 Å². The second-order valence-electron chi connectivity index (χ2n) is 8.13. The predicted molar refractivity (Wildman–Crippen MR) is 107 cm³/mol. The van der Waals surface area contributed by atoms with Crippen molar-refractivity contribution >= 4 is 17.0 Å². The van der Waals surface area contributed by atoms with Gasteiger partial charge in [0.15, 0.2) is 0 Å². The normalized spacial score (nSPS) is 22.2. The van der Waals surface area contributed by atoms with Gasteiger partial charge in [-0.3, -0.25) is 4.98 Å². The van der Waals surface area contributed by atoms with Crippen LogP contribution in [0.2, 0.25) is 0 Å². The van der Waals surface area contributed by atoms with E-state index in [4.69, 9.17) is 9.72 Å². The second kappa shape index (κ2) is 7.13. The van der Waals surface area contributed by atoms with E-state index in [1.165, 1.54) is 0 Å². The molecule has 3 aromatic heterocycles. The molecule has 7 nitrogen and oxygen atoms in total. The van der Waals surface area contributed by atoms with E-state index < -0.39 is 0 Å². The molecule has 5 rings (SSSR count). The van der Waals surface area contributed by atoms with E-state index in [-0.39, 0.29) is 0 Å². The Morgan fingerprint density at radius 2 is 2.11 bits per heavy atom. The molecular formula is C21H26N6O. The van der Waals surface area contributed by atoms with E-state index in [0.29, 0.717) is 24.5 Å². The maximum atomic E-state index is 5.82. The highest BCUT2D eigenvalue weighted by molar-refractivity contribution is 5.74. The first kappa shape index (κ1) is 17.6. The van der Waals surface area contributed by atoms with Gasteiger partial charge in [0.05, 0.1) is 29.8 Å². The van der Waals surface area contributed by atoms with Gasteiger partial charge in [0.25, 0.3) is 0 Å². The lowest BCUT2D eigenvalue weighted by Crippen LogP contribution is -2.42. The molecule has 0 aromatic carbocycles. The first-order valence-electron chi connectivity index (χ1n) is 10.2. The number of anilines is 1. The van der Waals surface area contributed by atoms with Crippen molar-refractivity contribution in [1.29, 1.82) is 0 Å². The SMILES string of the molecule is CC(C)n1cnc2cnc(Cc3ccnc(N4CCC5OCCC5C4)n3)cc21. The van der Waals surface area contributed by atoms with Crippen molar-refractivity contribution in [2.45, 2.75) is 45.3 Å². The molecule has 0 aliphatic carbocycles. The standard InChI is InChI=1S/C21H26N6O/c1-14(2)27-13-24-18-11-23-17(10-19(18)27)9-16-3-6-22-21(25-16)26-7-4-20-15(12-26)5-8-28-20/h3,6,10-11,13-15,20H,4-5,7-9,12H2,1-2H3. The molecule has 3 aromatic rings. The zero-order valence-corrected chi connectivity index (χ0v) is 16.5. The van der Waals surface area contributed by atoms with Crippen LogP contribution >= 0.6 is 0 Å². The van der Waals surface area contributed by atoms with E-state index >= 15 is 0 Å². The fraction of sp³-hybridized carbons (Fsp3) is 0.524. The lowest BCUT2D eigenvalue weighted by atomic mass is 9.94. The van der Waals surface area contributed by atoms with Crippen molar-refractivity contribution in [2.24, 2.45) is 5.92 Å². The average Bonchev–Trinajstić information content (AvgIpc) is 3.34. The molecule has 5 heterocycles. The van der Waals surface area contributed by atoms with E-state index in [1.807, 2.05) is 24.8 Å². The number of aromatic nitrogens is 5. The molecular weight excluding hydrogens is 352 g/mol. The summed E-state index contributed by atoms with van der Waals surface area (Å²) in [6.45, 7) is 7.17. The lowest BCUT2D eigenvalue weighted by Gasteiger charge is -2.34. The third-order valence-electron chi connectivity index (χ3n) is 5.90. The third-order valence-corrected chi connectivity index (χ3v) is 5.90. The Hall–Kier alpha value is -2.54. The Kier molecular flexibility index (Phi) is 4.47. The number of piperidine rings is 1. The van der Waals surface area contributed by atoms with Gasteiger partial charge in [-0.15, -0.1) is 0 Å². The van der Waals surface area contributed by atoms with Crippen LogP contribution in [0.1, 0.15) is 44.1 Å². The van der Waals surface area contributed by atoms with Crippen molar-refractivity contribution in [3.05, 3.63) is 42.2 Å². The molecule has 28 heavy (non-hydrogen) atoms. The van der Waals surface area contributed by atoms with Gasteiger partial charge in [-0.1, -0.05) is 0 Å². The Morgan fingerprint density at radius 3 is 3.00 bits per heavy atom. The number of pyridine rings is 1. The Morgan fingerprint density at radius 1 is 1.18 bits per heavy atom. The van der Waals surface area contributed by atoms with E-state index in [2.05, 4.69) is 44.3 Å². The summed E-state index contributed by atoms with van der Waals surface area (Å²) in [5, 5.41) is 0. The monoisotopic (exact) mass is 378 g/mol. The molecule has 146 valence electrons. The molecule has 7 heteroatoms. The molecule has 2 aliphatic rings. The van der Waals surface area contributed by atoms with Crippen molar-refractivity contribution in [1.82, 2.24) is 24.5 Å². The number of hydrogen-bond donors (Lipinski definition) is 0. The summed E-state index contributed by atoms with van der Waals surface area (Å²) < 4.78 is 8.00. The van der Waals surface area contributed by atoms with Gasteiger partial charge < -0.3 is 14.2 Å². The summed E-state index contributed by atoms with van der Waals surface area (Å²) >= 11 is 0. The molecule has 2 atom stereocenters. The highest BCUT2D eigenvalue weighted by atomic mass is 16.5. The van der Waals surface area contributed by atoms with Gasteiger partial charge in [-0.25, -0.2) is 15.0 Å². The molecule has 0 bridgehead atoms. The summed E-state index contributed by atoms with van der Waals surface area (Å²) in [6.07, 6.45) is 8.95. The zero-order valence-electron chi connectivity index (χ0n) is 16.5. The number of imidazole rings is 1. The molecule has 2 unspecified atom stereocenters. The molecule has 0 amide bonds. The molecule has 2 aliphatic heterocycles. The highest BCUT2D eigenvalue weighted by Crippen LogP contribution is 2.30. The van der Waals surface area contributed by atoms with Gasteiger partial charge in [-0.05, 0) is 38.8 Å². The number of nitrogens with zero attached hydrogens (tertiary/aromatic N) is 6. The quantitative estimate of drug-likeness (QED) is 0.695. The van der Waals surface area contributed by atoms with Gasteiger partial charge in [0, 0.05) is 50.0 Å². The summed E-state index contributed by atoms with van der Waals surface area (Å²) in [5.41, 5.74) is 4.06. The maximum Gasteiger partial charge on any atom is 0.225 e. The molecule has 0 spiro atoms. The van der Waals surface area contributed by atoms with E-state index in [9.17, 15) is 0 Å². The van der Waals surface area contributed by atoms with Gasteiger partial charge in [0.2, 0.25) is 5.95 Å². The fourth-order valence-corrected chi connectivity index (χ4v) is 4.36. The third kappa shape index (κ3) is 3.24. The second-order valence-corrected chi connectivity index (χ2v) is 8.13. The first-order chi connectivity index (χ1) is 13.7. The van der Waals surface area contributed by atoms with Crippen LogP contribution in [0, 0.1) is 5.92 Å². The van der Waals surface area contributed by atoms with Crippen molar-refractivity contribution < 1.29 is 4.74 Å². The minimum absolute atomic E-state index is 0.369. The molecule has 2 saturated heterocycles. The number of hydrogen-bond acceptors (Lipinski definition) is 6. The minimum atomic E-state index is 0.369. The van der Waals surface area contributed by atoms with Crippen LogP contribution in [0.3, 0.4) is 0 Å². The number of ether oxygens (including phenoxy) is 1. The molecule has 0 N–H and O–H groups in total. The largest absolute Gasteiger partial charge is 0.378 e. The summed E-state index contributed by atoms with van der Waals surface area (Å²) in [5.74, 6) is 1.44. The Labute approximate surface area is 164 Å².